The normalized spacial score (nSPS) is 16.4. The zero-order valence-electron chi connectivity index (χ0n) is 19.8. The van der Waals surface area contributed by atoms with Crippen molar-refractivity contribution >= 4 is 11.8 Å². The lowest BCUT2D eigenvalue weighted by Gasteiger charge is -2.35. The van der Waals surface area contributed by atoms with Gasteiger partial charge in [-0.15, -0.1) is 0 Å². The highest BCUT2D eigenvalue weighted by Gasteiger charge is 2.37. The molecule has 0 atom stereocenters. The van der Waals surface area contributed by atoms with E-state index in [1.54, 1.807) is 4.90 Å². The van der Waals surface area contributed by atoms with Gasteiger partial charge in [0.15, 0.2) is 5.69 Å². The van der Waals surface area contributed by atoms with E-state index in [1.165, 1.54) is 23.1 Å². The molecule has 36 heavy (non-hydrogen) atoms. The lowest BCUT2D eigenvalue weighted by Crippen LogP contribution is -2.51. The lowest BCUT2D eigenvalue weighted by molar-refractivity contribution is -0.138. The van der Waals surface area contributed by atoms with Crippen LogP contribution in [0.25, 0.3) is 5.69 Å². The molecular weight excluding hydrogens is 469 g/mol. The zero-order valence-corrected chi connectivity index (χ0v) is 19.8. The Balaban J connectivity index is 1.35. The number of piperazine rings is 1. The van der Waals surface area contributed by atoms with Crippen molar-refractivity contribution in [1.82, 2.24) is 19.6 Å². The van der Waals surface area contributed by atoms with Crippen LogP contribution in [0.3, 0.4) is 0 Å². The molecule has 0 radical (unpaired) electrons. The van der Waals surface area contributed by atoms with Gasteiger partial charge in [0.1, 0.15) is 0 Å². The number of fused-ring (bicyclic) bond motifs is 1. The van der Waals surface area contributed by atoms with Gasteiger partial charge in [-0.1, -0.05) is 36.8 Å². The van der Waals surface area contributed by atoms with Crippen molar-refractivity contribution in [2.45, 2.75) is 38.3 Å². The molecule has 0 N–H and O–H groups in total. The minimum atomic E-state index is -4.61. The molecule has 2 heterocycles. The van der Waals surface area contributed by atoms with E-state index < -0.39 is 17.6 Å². The molecule has 1 fully saturated rings. The fourth-order valence-corrected chi connectivity index (χ4v) is 5.08. The van der Waals surface area contributed by atoms with Crippen molar-refractivity contribution in [2.75, 3.05) is 26.2 Å². The smallest absolute Gasteiger partial charge is 0.335 e. The van der Waals surface area contributed by atoms with Crippen molar-refractivity contribution in [3.8, 4) is 5.69 Å². The highest BCUT2D eigenvalue weighted by Crippen LogP contribution is 2.33. The molecule has 188 valence electrons. The zero-order chi connectivity index (χ0) is 25.3. The first-order valence-corrected chi connectivity index (χ1v) is 12.3. The standard InChI is InChI=1S/C27H27F3N4O2/c28-27(29,30)22-13-8-7-11-20(22)25(35)32-15-17-33(18-16-32)26(36)24-21-12-5-2-6-14-23(21)34(31-24)19-9-3-1-4-10-19/h1,3-4,7-11,13H,2,5-6,12,14-18H2. The SMILES string of the molecule is O=C(c1ccccc1C(F)(F)F)N1CCN(C(=O)c2nn(-c3ccccc3)c3c2CCCCC3)CC1. The van der Waals surface area contributed by atoms with Gasteiger partial charge in [0.25, 0.3) is 11.8 Å². The summed E-state index contributed by atoms with van der Waals surface area (Å²) in [7, 11) is 0. The number of rotatable bonds is 3. The van der Waals surface area contributed by atoms with Gasteiger partial charge in [-0.05, 0) is 49.9 Å². The van der Waals surface area contributed by atoms with Crippen molar-refractivity contribution in [3.63, 3.8) is 0 Å². The molecule has 0 saturated carbocycles. The maximum absolute atomic E-state index is 13.6. The predicted octanol–water partition coefficient (Wildman–Crippen LogP) is 4.76. The van der Waals surface area contributed by atoms with E-state index in [9.17, 15) is 22.8 Å². The Morgan fingerprint density at radius 1 is 0.750 bits per heavy atom. The minimum absolute atomic E-state index is 0.165. The number of carbonyl (C=O) groups excluding carboxylic acids is 2. The number of amides is 2. The van der Waals surface area contributed by atoms with Crippen LogP contribution in [0.15, 0.2) is 54.6 Å². The fraction of sp³-hybridized carbons (Fsp3) is 0.370. The quantitative estimate of drug-likeness (QED) is 0.492. The Morgan fingerprint density at radius 2 is 1.36 bits per heavy atom. The number of nitrogens with zero attached hydrogens (tertiary/aromatic N) is 4. The maximum atomic E-state index is 13.6. The molecule has 9 heteroatoms. The van der Waals surface area contributed by atoms with Crippen LogP contribution in [-0.4, -0.2) is 57.6 Å². The molecule has 1 aliphatic heterocycles. The molecule has 1 saturated heterocycles. The molecule has 0 unspecified atom stereocenters. The fourth-order valence-electron chi connectivity index (χ4n) is 5.08. The average Bonchev–Trinajstić information content (AvgIpc) is 3.08. The number of para-hydroxylation sites is 1. The predicted molar refractivity (Wildman–Crippen MR) is 128 cm³/mol. The molecular formula is C27H27F3N4O2. The first-order valence-electron chi connectivity index (χ1n) is 12.3. The van der Waals surface area contributed by atoms with E-state index in [-0.39, 0.29) is 37.6 Å². The molecule has 2 aliphatic rings. The van der Waals surface area contributed by atoms with E-state index >= 15 is 0 Å². The summed E-state index contributed by atoms with van der Waals surface area (Å²) in [5, 5.41) is 4.74. The van der Waals surface area contributed by atoms with E-state index in [1.807, 2.05) is 35.0 Å². The summed E-state index contributed by atoms with van der Waals surface area (Å²) in [6.07, 6.45) is 0.159. The van der Waals surface area contributed by atoms with Crippen LogP contribution >= 0.6 is 0 Å². The summed E-state index contributed by atoms with van der Waals surface area (Å²) in [5.74, 6) is -0.858. The molecule has 0 spiro atoms. The van der Waals surface area contributed by atoms with Crippen LogP contribution < -0.4 is 0 Å². The first kappa shape index (κ1) is 24.1. The summed E-state index contributed by atoms with van der Waals surface area (Å²) in [5.41, 5.74) is 2.10. The van der Waals surface area contributed by atoms with E-state index in [0.717, 1.165) is 55.1 Å². The molecule has 1 aromatic heterocycles. The second-order valence-corrected chi connectivity index (χ2v) is 9.21. The van der Waals surface area contributed by atoms with E-state index in [2.05, 4.69) is 0 Å². The number of alkyl halides is 3. The summed E-state index contributed by atoms with van der Waals surface area (Å²) < 4.78 is 42.0. The van der Waals surface area contributed by atoms with Crippen molar-refractivity contribution in [3.05, 3.63) is 82.7 Å². The molecule has 5 rings (SSSR count). The van der Waals surface area contributed by atoms with Gasteiger partial charge in [0.2, 0.25) is 0 Å². The largest absolute Gasteiger partial charge is 0.417 e. The third-order valence-electron chi connectivity index (χ3n) is 6.95. The molecule has 0 bridgehead atoms. The van der Waals surface area contributed by atoms with Gasteiger partial charge in [0, 0.05) is 37.4 Å². The number of aromatic nitrogens is 2. The van der Waals surface area contributed by atoms with Crippen molar-refractivity contribution in [1.29, 1.82) is 0 Å². The van der Waals surface area contributed by atoms with Crippen molar-refractivity contribution in [2.24, 2.45) is 0 Å². The Kier molecular flexibility index (Phi) is 6.55. The van der Waals surface area contributed by atoms with Gasteiger partial charge >= 0.3 is 6.18 Å². The maximum Gasteiger partial charge on any atom is 0.417 e. The van der Waals surface area contributed by atoms with E-state index in [4.69, 9.17) is 5.10 Å². The number of halogens is 3. The summed E-state index contributed by atoms with van der Waals surface area (Å²) in [6.45, 7) is 0.814. The van der Waals surface area contributed by atoms with Gasteiger partial charge in [-0.25, -0.2) is 4.68 Å². The van der Waals surface area contributed by atoms with Crippen LogP contribution in [0.4, 0.5) is 13.2 Å². The summed E-state index contributed by atoms with van der Waals surface area (Å²) in [4.78, 5) is 29.5. The average molecular weight is 497 g/mol. The van der Waals surface area contributed by atoms with Crippen LogP contribution in [0.2, 0.25) is 0 Å². The Hall–Kier alpha value is -3.62. The summed E-state index contributed by atoms with van der Waals surface area (Å²) >= 11 is 0. The lowest BCUT2D eigenvalue weighted by atomic mass is 10.0. The second kappa shape index (κ2) is 9.79. The molecule has 1 aliphatic carbocycles. The van der Waals surface area contributed by atoms with Crippen LogP contribution in [0.5, 0.6) is 0 Å². The Bertz CT molecular complexity index is 1260. The highest BCUT2D eigenvalue weighted by atomic mass is 19.4. The third kappa shape index (κ3) is 4.62. The first-order chi connectivity index (χ1) is 17.3. The van der Waals surface area contributed by atoms with Gasteiger partial charge in [0.05, 0.1) is 16.8 Å². The molecule has 2 amide bonds. The Labute approximate surface area is 207 Å². The highest BCUT2D eigenvalue weighted by molar-refractivity contribution is 5.97. The number of carbonyl (C=O) groups is 2. The minimum Gasteiger partial charge on any atom is -0.335 e. The van der Waals surface area contributed by atoms with E-state index in [0.29, 0.717) is 5.69 Å². The Morgan fingerprint density at radius 3 is 2.06 bits per heavy atom. The topological polar surface area (TPSA) is 58.4 Å². The van der Waals surface area contributed by atoms with Gasteiger partial charge in [-0.2, -0.15) is 18.3 Å². The van der Waals surface area contributed by atoms with Gasteiger partial charge < -0.3 is 9.80 Å². The van der Waals surface area contributed by atoms with Crippen molar-refractivity contribution < 1.29 is 22.8 Å². The monoisotopic (exact) mass is 496 g/mol. The third-order valence-corrected chi connectivity index (χ3v) is 6.95. The van der Waals surface area contributed by atoms with Gasteiger partial charge in [-0.3, -0.25) is 9.59 Å². The molecule has 2 aromatic carbocycles. The number of hydrogen-bond donors (Lipinski definition) is 0. The number of benzene rings is 2. The number of hydrogen-bond acceptors (Lipinski definition) is 3. The van der Waals surface area contributed by atoms with Crippen LogP contribution in [-0.2, 0) is 19.0 Å². The van der Waals surface area contributed by atoms with Crippen LogP contribution in [0.1, 0.15) is 56.9 Å². The molecule has 6 nitrogen and oxygen atoms in total. The molecule has 3 aromatic rings. The summed E-state index contributed by atoms with van der Waals surface area (Å²) in [6, 6.07) is 14.6. The van der Waals surface area contributed by atoms with Crippen LogP contribution in [0, 0.1) is 0 Å². The second-order valence-electron chi connectivity index (χ2n) is 9.21.